The van der Waals surface area contributed by atoms with E-state index in [0.29, 0.717) is 17.8 Å². The largest absolute Gasteiger partial charge is 0.393 e. The Morgan fingerprint density at radius 2 is 2.00 bits per heavy atom. The highest BCUT2D eigenvalue weighted by atomic mass is 16.3. The highest BCUT2D eigenvalue weighted by Gasteiger charge is 2.44. The van der Waals surface area contributed by atoms with Crippen molar-refractivity contribution in [3.05, 3.63) is 34.9 Å². The Hall–Kier alpha value is -0.860. The van der Waals surface area contributed by atoms with Crippen molar-refractivity contribution in [2.24, 2.45) is 17.8 Å². The molecule has 0 bridgehead atoms. The summed E-state index contributed by atoms with van der Waals surface area (Å²) in [4.78, 5) is 0. The summed E-state index contributed by atoms with van der Waals surface area (Å²) in [6.45, 7) is 4.42. The van der Waals surface area contributed by atoms with Crippen molar-refractivity contribution in [2.45, 2.75) is 83.8 Å². The summed E-state index contributed by atoms with van der Waals surface area (Å²) in [5, 5.41) is 20.8. The van der Waals surface area contributed by atoms with Gasteiger partial charge in [-0.3, -0.25) is 0 Å². The molecule has 0 saturated heterocycles. The molecular weight excluding hydrogens is 296 g/mol. The van der Waals surface area contributed by atoms with Gasteiger partial charge in [-0.15, -0.1) is 0 Å². The van der Waals surface area contributed by atoms with E-state index in [1.807, 2.05) is 0 Å². The Bertz CT molecular complexity index is 539. The summed E-state index contributed by atoms with van der Waals surface area (Å²) in [6, 6.07) is 6.67. The second-order valence-corrected chi connectivity index (χ2v) is 8.24. The molecule has 2 aliphatic carbocycles. The topological polar surface area (TPSA) is 40.5 Å². The van der Waals surface area contributed by atoms with E-state index in [1.165, 1.54) is 29.5 Å². The van der Waals surface area contributed by atoms with Crippen LogP contribution >= 0.6 is 0 Å². The first-order valence-corrected chi connectivity index (χ1v) is 10.0. The van der Waals surface area contributed by atoms with Gasteiger partial charge in [0.15, 0.2) is 0 Å². The fourth-order valence-corrected chi connectivity index (χ4v) is 5.18. The van der Waals surface area contributed by atoms with Gasteiger partial charge >= 0.3 is 0 Å². The number of aliphatic hydroxyl groups excluding tert-OH is 2. The van der Waals surface area contributed by atoms with E-state index >= 15 is 0 Å². The second-order valence-electron chi connectivity index (χ2n) is 8.24. The average Bonchev–Trinajstić information content (AvgIpc) is 2.86. The Kier molecular flexibility index (Phi) is 5.99. The van der Waals surface area contributed by atoms with Crippen molar-refractivity contribution in [1.82, 2.24) is 0 Å². The van der Waals surface area contributed by atoms with Gasteiger partial charge in [0.25, 0.3) is 0 Å². The Labute approximate surface area is 147 Å². The number of fused-ring (bicyclic) bond motifs is 2. The Morgan fingerprint density at radius 3 is 2.79 bits per heavy atom. The maximum absolute atomic E-state index is 10.6. The second kappa shape index (κ2) is 8.01. The van der Waals surface area contributed by atoms with Gasteiger partial charge in [-0.2, -0.15) is 0 Å². The maximum atomic E-state index is 10.6. The number of unbranched alkanes of at least 4 members (excludes halogenated alkanes) is 2. The third-order valence-electron chi connectivity index (χ3n) is 6.60. The van der Waals surface area contributed by atoms with Crippen LogP contribution in [-0.4, -0.2) is 22.4 Å². The zero-order valence-corrected chi connectivity index (χ0v) is 15.4. The van der Waals surface area contributed by atoms with E-state index < -0.39 is 0 Å². The molecule has 2 aliphatic rings. The third-order valence-corrected chi connectivity index (χ3v) is 6.60. The molecule has 0 heterocycles. The minimum absolute atomic E-state index is 0.169. The number of benzene rings is 1. The van der Waals surface area contributed by atoms with Crippen LogP contribution in [0, 0.1) is 24.7 Å². The van der Waals surface area contributed by atoms with Crippen LogP contribution in [0.3, 0.4) is 0 Å². The fourth-order valence-electron chi connectivity index (χ4n) is 5.18. The minimum Gasteiger partial charge on any atom is -0.393 e. The van der Waals surface area contributed by atoms with Crippen LogP contribution in [0.5, 0.6) is 0 Å². The molecule has 0 aromatic heterocycles. The summed E-state index contributed by atoms with van der Waals surface area (Å²) in [7, 11) is 0. The molecular formula is C22H34O2. The van der Waals surface area contributed by atoms with E-state index in [1.54, 1.807) is 0 Å². The number of aryl methyl sites for hydroxylation is 1. The molecule has 3 rings (SSSR count). The van der Waals surface area contributed by atoms with Gasteiger partial charge < -0.3 is 10.2 Å². The highest BCUT2D eigenvalue weighted by molar-refractivity contribution is 5.37. The SMILES string of the molecule is CCCCC[C@H](O)CC[C@@H]1[C@@H]2Cc3cccc(C)c3C[C@@H]2C[C@H]1O. The lowest BCUT2D eigenvalue weighted by Gasteiger charge is -2.32. The van der Waals surface area contributed by atoms with Crippen LogP contribution in [0.15, 0.2) is 18.2 Å². The third kappa shape index (κ3) is 3.86. The first-order chi connectivity index (χ1) is 11.6. The molecule has 1 aromatic rings. The van der Waals surface area contributed by atoms with Crippen LogP contribution in [0.1, 0.15) is 68.6 Å². The summed E-state index contributed by atoms with van der Waals surface area (Å²) in [6.07, 6.45) is 9.17. The van der Waals surface area contributed by atoms with Crippen LogP contribution in [0.4, 0.5) is 0 Å². The van der Waals surface area contributed by atoms with Crippen molar-refractivity contribution in [1.29, 1.82) is 0 Å². The van der Waals surface area contributed by atoms with Gasteiger partial charge in [-0.1, -0.05) is 44.4 Å². The van der Waals surface area contributed by atoms with E-state index in [-0.39, 0.29) is 12.2 Å². The lowest BCUT2D eigenvalue weighted by Crippen LogP contribution is -2.28. The quantitative estimate of drug-likeness (QED) is 0.726. The molecule has 1 saturated carbocycles. The molecule has 2 N–H and O–H groups in total. The molecule has 24 heavy (non-hydrogen) atoms. The molecule has 0 spiro atoms. The van der Waals surface area contributed by atoms with Gasteiger partial charge in [0, 0.05) is 0 Å². The van der Waals surface area contributed by atoms with Crippen molar-refractivity contribution in [3.8, 4) is 0 Å². The van der Waals surface area contributed by atoms with Gasteiger partial charge in [0.05, 0.1) is 12.2 Å². The van der Waals surface area contributed by atoms with Crippen LogP contribution < -0.4 is 0 Å². The normalized spacial score (nSPS) is 30.0. The smallest absolute Gasteiger partial charge is 0.0574 e. The summed E-state index contributed by atoms with van der Waals surface area (Å²) < 4.78 is 0. The maximum Gasteiger partial charge on any atom is 0.0574 e. The van der Waals surface area contributed by atoms with E-state index in [0.717, 1.165) is 44.9 Å². The summed E-state index contributed by atoms with van der Waals surface area (Å²) >= 11 is 0. The summed E-state index contributed by atoms with van der Waals surface area (Å²) in [5.74, 6) is 1.62. The predicted octanol–water partition coefficient (Wildman–Crippen LogP) is 4.43. The van der Waals surface area contributed by atoms with Gasteiger partial charge in [0.1, 0.15) is 0 Å². The molecule has 5 atom stereocenters. The Morgan fingerprint density at radius 1 is 1.17 bits per heavy atom. The van der Waals surface area contributed by atoms with Crippen molar-refractivity contribution < 1.29 is 10.2 Å². The molecule has 0 unspecified atom stereocenters. The predicted molar refractivity (Wildman–Crippen MR) is 99.1 cm³/mol. The van der Waals surface area contributed by atoms with Gasteiger partial charge in [-0.05, 0) is 79.9 Å². The van der Waals surface area contributed by atoms with Crippen LogP contribution in [0.2, 0.25) is 0 Å². The number of hydrogen-bond acceptors (Lipinski definition) is 2. The zero-order chi connectivity index (χ0) is 17.1. The zero-order valence-electron chi connectivity index (χ0n) is 15.4. The molecule has 0 radical (unpaired) electrons. The average molecular weight is 331 g/mol. The Balaban J connectivity index is 1.59. The van der Waals surface area contributed by atoms with Crippen LogP contribution in [-0.2, 0) is 12.8 Å². The standard InChI is InChI=1S/C22H34O2/c1-3-4-5-9-18(23)10-11-19-21-12-16-8-6-7-15(2)20(16)13-17(21)14-22(19)24/h6-8,17-19,21-24H,3-5,9-14H2,1-2H3/t17-,18+,19-,21-,22-/m1/s1. The van der Waals surface area contributed by atoms with Gasteiger partial charge in [0.2, 0.25) is 0 Å². The number of rotatable bonds is 7. The molecule has 134 valence electrons. The monoisotopic (exact) mass is 330 g/mol. The van der Waals surface area contributed by atoms with E-state index in [9.17, 15) is 10.2 Å². The lowest BCUT2D eigenvalue weighted by molar-refractivity contribution is 0.0870. The number of hydrogen-bond donors (Lipinski definition) is 2. The van der Waals surface area contributed by atoms with Gasteiger partial charge in [-0.25, -0.2) is 0 Å². The molecule has 0 amide bonds. The molecule has 2 nitrogen and oxygen atoms in total. The van der Waals surface area contributed by atoms with Crippen molar-refractivity contribution in [2.75, 3.05) is 0 Å². The van der Waals surface area contributed by atoms with Crippen molar-refractivity contribution >= 4 is 0 Å². The first-order valence-electron chi connectivity index (χ1n) is 10.0. The molecule has 1 aromatic carbocycles. The lowest BCUT2D eigenvalue weighted by atomic mass is 9.73. The molecule has 1 fully saturated rings. The number of aliphatic hydroxyl groups is 2. The summed E-state index contributed by atoms with van der Waals surface area (Å²) in [5.41, 5.74) is 4.44. The van der Waals surface area contributed by atoms with Crippen molar-refractivity contribution in [3.63, 3.8) is 0 Å². The fraction of sp³-hybridized carbons (Fsp3) is 0.727. The highest BCUT2D eigenvalue weighted by Crippen LogP contribution is 2.47. The van der Waals surface area contributed by atoms with Crippen LogP contribution in [0.25, 0.3) is 0 Å². The molecule has 2 heteroatoms. The van der Waals surface area contributed by atoms with E-state index in [2.05, 4.69) is 32.0 Å². The van der Waals surface area contributed by atoms with E-state index in [4.69, 9.17) is 0 Å². The first kappa shape index (κ1) is 17.9. The molecule has 0 aliphatic heterocycles. The minimum atomic E-state index is -0.180.